The Balaban J connectivity index is 2.14. The molecule has 3 atom stereocenters. The summed E-state index contributed by atoms with van der Waals surface area (Å²) < 4.78 is 0. The van der Waals surface area contributed by atoms with Crippen LogP contribution in [0.15, 0.2) is 0 Å². The van der Waals surface area contributed by atoms with E-state index in [1.165, 1.54) is 25.7 Å². The molecule has 1 nitrogen and oxygen atoms in total. The molecular weight excluding hydrogens is 134 g/mol. The third-order valence-electron chi connectivity index (χ3n) is 3.54. The molecule has 3 unspecified atom stereocenters. The summed E-state index contributed by atoms with van der Waals surface area (Å²) in [6.07, 6.45) is 6.59. The highest BCUT2D eigenvalue weighted by molar-refractivity contribution is 5.86. The van der Waals surface area contributed by atoms with Gasteiger partial charge in [-0.2, -0.15) is 0 Å². The fourth-order valence-corrected chi connectivity index (χ4v) is 2.99. The lowest BCUT2D eigenvalue weighted by atomic mass is 9.74. The van der Waals surface area contributed by atoms with Crippen molar-refractivity contribution in [2.24, 2.45) is 17.8 Å². The van der Waals surface area contributed by atoms with Crippen molar-refractivity contribution < 1.29 is 0 Å². The van der Waals surface area contributed by atoms with Gasteiger partial charge in [-0.15, -0.1) is 0 Å². The van der Waals surface area contributed by atoms with Crippen molar-refractivity contribution in [2.75, 3.05) is 0 Å². The van der Waals surface area contributed by atoms with E-state index in [-0.39, 0.29) is 0 Å². The van der Waals surface area contributed by atoms with Gasteiger partial charge in [0.15, 0.2) is 0 Å². The fourth-order valence-electron chi connectivity index (χ4n) is 2.99. The molecule has 0 aromatic rings. The van der Waals surface area contributed by atoms with Crippen LogP contribution in [0.3, 0.4) is 0 Å². The Bertz CT molecular complexity index is 174. The SMILES string of the molecule is CC1CCCC2CCC(=N)C12. The number of nitrogens with one attached hydrogen (secondary N) is 1. The van der Waals surface area contributed by atoms with Gasteiger partial charge in [0.25, 0.3) is 0 Å². The minimum atomic E-state index is 0.684. The lowest BCUT2D eigenvalue weighted by molar-refractivity contribution is 0.239. The van der Waals surface area contributed by atoms with E-state index in [0.29, 0.717) is 5.92 Å². The van der Waals surface area contributed by atoms with Crippen molar-refractivity contribution in [3.63, 3.8) is 0 Å². The molecule has 0 aliphatic heterocycles. The standard InChI is InChI=1S/C10H17N/c1-7-3-2-4-8-5-6-9(11)10(7)8/h7-8,10-11H,2-6H2,1H3. The molecule has 0 aromatic heterocycles. The van der Waals surface area contributed by atoms with Gasteiger partial charge in [0.2, 0.25) is 0 Å². The van der Waals surface area contributed by atoms with Crippen LogP contribution < -0.4 is 0 Å². The summed E-state index contributed by atoms with van der Waals surface area (Å²) in [7, 11) is 0. The highest BCUT2D eigenvalue weighted by Crippen LogP contribution is 2.43. The van der Waals surface area contributed by atoms with Crippen molar-refractivity contribution in [1.82, 2.24) is 0 Å². The van der Waals surface area contributed by atoms with Crippen molar-refractivity contribution in [3.8, 4) is 0 Å². The van der Waals surface area contributed by atoms with E-state index < -0.39 is 0 Å². The molecule has 2 aliphatic rings. The maximum atomic E-state index is 7.80. The third-order valence-corrected chi connectivity index (χ3v) is 3.54. The quantitative estimate of drug-likeness (QED) is 0.550. The van der Waals surface area contributed by atoms with Crippen LogP contribution in [-0.2, 0) is 0 Å². The second-order valence-corrected chi connectivity index (χ2v) is 4.26. The predicted octanol–water partition coefficient (Wildman–Crippen LogP) is 2.85. The zero-order chi connectivity index (χ0) is 7.84. The molecule has 2 saturated carbocycles. The highest BCUT2D eigenvalue weighted by Gasteiger charge is 2.37. The predicted molar refractivity (Wildman–Crippen MR) is 47.0 cm³/mol. The molecular formula is C10H17N. The summed E-state index contributed by atoms with van der Waals surface area (Å²) in [5.41, 5.74) is 1.06. The average Bonchev–Trinajstić information content (AvgIpc) is 2.34. The van der Waals surface area contributed by atoms with Crippen LogP contribution >= 0.6 is 0 Å². The van der Waals surface area contributed by atoms with Gasteiger partial charge in [-0.05, 0) is 31.1 Å². The van der Waals surface area contributed by atoms with Gasteiger partial charge < -0.3 is 5.41 Å². The minimum Gasteiger partial charge on any atom is -0.309 e. The first kappa shape index (κ1) is 7.33. The Hall–Kier alpha value is -0.330. The Morgan fingerprint density at radius 2 is 2.09 bits per heavy atom. The normalized spacial score (nSPS) is 44.1. The van der Waals surface area contributed by atoms with Gasteiger partial charge >= 0.3 is 0 Å². The molecule has 0 aromatic carbocycles. The van der Waals surface area contributed by atoms with Crippen molar-refractivity contribution in [1.29, 1.82) is 5.41 Å². The van der Waals surface area contributed by atoms with E-state index >= 15 is 0 Å². The van der Waals surface area contributed by atoms with Crippen molar-refractivity contribution in [3.05, 3.63) is 0 Å². The lowest BCUT2D eigenvalue weighted by Crippen LogP contribution is -2.26. The van der Waals surface area contributed by atoms with Crippen molar-refractivity contribution >= 4 is 5.71 Å². The average molecular weight is 151 g/mol. The van der Waals surface area contributed by atoms with E-state index in [1.54, 1.807) is 0 Å². The molecule has 0 heterocycles. The van der Waals surface area contributed by atoms with Gasteiger partial charge in [-0.1, -0.05) is 19.8 Å². The second-order valence-electron chi connectivity index (χ2n) is 4.26. The minimum absolute atomic E-state index is 0.684. The maximum Gasteiger partial charge on any atom is 0.0126 e. The van der Waals surface area contributed by atoms with Gasteiger partial charge in [0.1, 0.15) is 0 Å². The molecule has 62 valence electrons. The second kappa shape index (κ2) is 2.62. The number of rotatable bonds is 0. The molecule has 1 N–H and O–H groups in total. The molecule has 2 aliphatic carbocycles. The lowest BCUT2D eigenvalue weighted by Gasteiger charge is -2.31. The summed E-state index contributed by atoms with van der Waals surface area (Å²) in [4.78, 5) is 0. The first-order valence-corrected chi connectivity index (χ1v) is 4.86. The zero-order valence-electron chi connectivity index (χ0n) is 7.27. The smallest absolute Gasteiger partial charge is 0.0126 e. The van der Waals surface area contributed by atoms with Gasteiger partial charge in [-0.3, -0.25) is 0 Å². The van der Waals surface area contributed by atoms with E-state index in [9.17, 15) is 0 Å². The molecule has 0 amide bonds. The third kappa shape index (κ3) is 1.11. The zero-order valence-corrected chi connectivity index (χ0v) is 7.27. The molecule has 2 rings (SSSR count). The Morgan fingerprint density at radius 3 is 2.82 bits per heavy atom. The summed E-state index contributed by atoms with van der Waals surface area (Å²) in [6, 6.07) is 0. The van der Waals surface area contributed by atoms with Gasteiger partial charge in [-0.25, -0.2) is 0 Å². The van der Waals surface area contributed by atoms with Crippen LogP contribution in [0.4, 0.5) is 0 Å². The first-order chi connectivity index (χ1) is 5.29. The largest absolute Gasteiger partial charge is 0.309 e. The molecule has 11 heavy (non-hydrogen) atoms. The maximum absolute atomic E-state index is 7.80. The molecule has 0 radical (unpaired) electrons. The number of hydrogen-bond acceptors (Lipinski definition) is 1. The first-order valence-electron chi connectivity index (χ1n) is 4.86. The summed E-state index contributed by atoms with van der Waals surface area (Å²) in [6.45, 7) is 2.33. The van der Waals surface area contributed by atoms with Gasteiger partial charge in [0, 0.05) is 11.6 Å². The summed E-state index contributed by atoms with van der Waals surface area (Å²) in [5, 5.41) is 7.80. The molecule has 0 bridgehead atoms. The van der Waals surface area contributed by atoms with E-state index in [2.05, 4.69) is 6.92 Å². The highest BCUT2D eigenvalue weighted by atomic mass is 14.5. The number of hydrogen-bond donors (Lipinski definition) is 1. The molecule has 1 heteroatoms. The fraction of sp³-hybridized carbons (Fsp3) is 0.900. The molecule has 2 fully saturated rings. The van der Waals surface area contributed by atoms with E-state index in [4.69, 9.17) is 5.41 Å². The topological polar surface area (TPSA) is 23.9 Å². The van der Waals surface area contributed by atoms with Gasteiger partial charge in [0.05, 0.1) is 0 Å². The summed E-state index contributed by atoms with van der Waals surface area (Å²) >= 11 is 0. The van der Waals surface area contributed by atoms with Crippen LogP contribution in [-0.4, -0.2) is 5.71 Å². The monoisotopic (exact) mass is 151 g/mol. The molecule has 0 spiro atoms. The Labute approximate surface area is 68.7 Å². The van der Waals surface area contributed by atoms with Crippen LogP contribution in [0.5, 0.6) is 0 Å². The van der Waals surface area contributed by atoms with Crippen molar-refractivity contribution in [2.45, 2.75) is 39.0 Å². The Kier molecular flexibility index (Phi) is 1.74. The molecule has 0 saturated heterocycles. The summed E-state index contributed by atoms with van der Waals surface area (Å²) in [5.74, 6) is 2.39. The van der Waals surface area contributed by atoms with E-state index in [1.807, 2.05) is 0 Å². The van der Waals surface area contributed by atoms with Crippen LogP contribution in [0.2, 0.25) is 0 Å². The Morgan fingerprint density at radius 1 is 1.27 bits per heavy atom. The number of fused-ring (bicyclic) bond motifs is 1. The van der Waals surface area contributed by atoms with E-state index in [0.717, 1.165) is 24.0 Å². The van der Waals surface area contributed by atoms with Crippen LogP contribution in [0.25, 0.3) is 0 Å². The van der Waals surface area contributed by atoms with Crippen LogP contribution in [0, 0.1) is 23.2 Å². The van der Waals surface area contributed by atoms with Crippen LogP contribution in [0.1, 0.15) is 39.0 Å².